The average Bonchev–Trinajstić information content (AvgIpc) is 2.91. The maximum absolute atomic E-state index is 13.2. The first-order valence-electron chi connectivity index (χ1n) is 8.00. The van der Waals surface area contributed by atoms with Crippen LogP contribution in [0.5, 0.6) is 5.75 Å². The number of aryl methyl sites for hydroxylation is 2. The van der Waals surface area contributed by atoms with Crippen molar-refractivity contribution in [3.8, 4) is 11.8 Å². The topological polar surface area (TPSA) is 66.0 Å². The summed E-state index contributed by atoms with van der Waals surface area (Å²) in [4.78, 5) is 13.2. The Labute approximate surface area is 156 Å². The van der Waals surface area contributed by atoms with Crippen molar-refractivity contribution in [2.24, 2.45) is 0 Å². The second-order valence-electron chi connectivity index (χ2n) is 6.39. The van der Waals surface area contributed by atoms with Gasteiger partial charge in [0.15, 0.2) is 0 Å². The molecule has 0 aliphatic carbocycles. The normalized spacial score (nSPS) is 10.7. The first-order chi connectivity index (χ1) is 12.3. The monoisotopic (exact) mass is 364 g/mol. The molecule has 0 unspecified atom stereocenters. The number of nitriles is 1. The Morgan fingerprint density at radius 3 is 2.58 bits per heavy atom. The van der Waals surface area contributed by atoms with E-state index in [4.69, 9.17) is 11.6 Å². The molecule has 0 atom stereocenters. The van der Waals surface area contributed by atoms with E-state index >= 15 is 0 Å². The van der Waals surface area contributed by atoms with Crippen molar-refractivity contribution in [1.82, 2.24) is 4.57 Å². The molecule has 0 spiro atoms. The summed E-state index contributed by atoms with van der Waals surface area (Å²) in [6.45, 7) is 9.29. The number of benzene rings is 2. The smallest absolute Gasteiger partial charge is 0.267 e. The third-order valence-corrected chi connectivity index (χ3v) is 4.75. The highest BCUT2D eigenvalue weighted by Gasteiger charge is 2.23. The van der Waals surface area contributed by atoms with Crippen molar-refractivity contribution in [1.29, 1.82) is 5.26 Å². The van der Waals surface area contributed by atoms with Crippen molar-refractivity contribution >= 4 is 34.0 Å². The molecule has 0 aliphatic heterocycles. The number of phenolic OH excluding ortho intramolecular Hbond substituents is 1. The minimum absolute atomic E-state index is 0.0350. The second kappa shape index (κ2) is 6.36. The van der Waals surface area contributed by atoms with Crippen molar-refractivity contribution in [2.45, 2.75) is 20.8 Å². The van der Waals surface area contributed by atoms with E-state index in [-0.39, 0.29) is 16.3 Å². The first-order valence-corrected chi connectivity index (χ1v) is 8.38. The minimum atomic E-state index is -0.429. The molecule has 1 aromatic heterocycles. The van der Waals surface area contributed by atoms with Gasteiger partial charge in [-0.25, -0.2) is 0 Å². The standard InChI is InChI=1S/C21H17ClN2O2/c1-11(2)15-5-6-17(22)18(20(15)25)21(26)24-10-13(4)16-8-14(9-23)7-12(3)19(16)24/h5-8,10,25H,1H2,2-4H3. The summed E-state index contributed by atoms with van der Waals surface area (Å²) in [6, 6.07) is 8.84. The van der Waals surface area contributed by atoms with E-state index in [2.05, 4.69) is 12.6 Å². The predicted octanol–water partition coefficient (Wildman–Crippen LogP) is 5.21. The number of halogens is 1. The molecular weight excluding hydrogens is 348 g/mol. The summed E-state index contributed by atoms with van der Waals surface area (Å²) in [6.07, 6.45) is 1.70. The molecule has 0 saturated heterocycles. The SMILES string of the molecule is C=C(C)c1ccc(Cl)c(C(=O)n2cc(C)c3cc(C#N)cc(C)c32)c1O. The maximum Gasteiger partial charge on any atom is 0.267 e. The molecule has 3 rings (SSSR count). The van der Waals surface area contributed by atoms with Gasteiger partial charge in [-0.1, -0.05) is 18.2 Å². The molecule has 0 radical (unpaired) electrons. The Hall–Kier alpha value is -3.03. The number of aromatic nitrogens is 1. The number of nitrogens with zero attached hydrogens (tertiary/aromatic N) is 2. The number of carbonyl (C=O) groups is 1. The third kappa shape index (κ3) is 2.67. The highest BCUT2D eigenvalue weighted by Crippen LogP contribution is 2.35. The van der Waals surface area contributed by atoms with Crippen LogP contribution in [0.15, 0.2) is 37.0 Å². The van der Waals surface area contributed by atoms with Gasteiger partial charge in [0.1, 0.15) is 11.3 Å². The van der Waals surface area contributed by atoms with E-state index in [9.17, 15) is 15.2 Å². The van der Waals surface area contributed by atoms with Gasteiger partial charge in [0, 0.05) is 17.1 Å². The summed E-state index contributed by atoms with van der Waals surface area (Å²) in [7, 11) is 0. The highest BCUT2D eigenvalue weighted by molar-refractivity contribution is 6.34. The molecule has 0 amide bonds. The molecule has 2 aromatic carbocycles. The Balaban J connectivity index is 2.30. The van der Waals surface area contributed by atoms with Gasteiger partial charge in [0.25, 0.3) is 5.91 Å². The Kier molecular flexibility index (Phi) is 4.35. The van der Waals surface area contributed by atoms with Crippen molar-refractivity contribution in [3.05, 3.63) is 69.9 Å². The van der Waals surface area contributed by atoms with Crippen molar-refractivity contribution in [3.63, 3.8) is 0 Å². The summed E-state index contributed by atoms with van der Waals surface area (Å²) in [5.74, 6) is -0.609. The van der Waals surface area contributed by atoms with Gasteiger partial charge in [0.2, 0.25) is 0 Å². The molecule has 1 heterocycles. The van der Waals surface area contributed by atoms with Crippen LogP contribution < -0.4 is 0 Å². The van der Waals surface area contributed by atoms with Crippen molar-refractivity contribution < 1.29 is 9.90 Å². The van der Waals surface area contributed by atoms with Gasteiger partial charge in [-0.2, -0.15) is 5.26 Å². The minimum Gasteiger partial charge on any atom is -0.506 e. The molecular formula is C21H17ClN2O2. The van der Waals surface area contributed by atoms with Crippen LogP contribution in [0.3, 0.4) is 0 Å². The second-order valence-corrected chi connectivity index (χ2v) is 6.79. The quantitative estimate of drug-likeness (QED) is 0.678. The lowest BCUT2D eigenvalue weighted by Crippen LogP contribution is -2.13. The van der Waals surface area contributed by atoms with Gasteiger partial charge in [0.05, 0.1) is 22.2 Å². The zero-order chi connectivity index (χ0) is 19.2. The lowest BCUT2D eigenvalue weighted by molar-refractivity contribution is 0.0962. The summed E-state index contributed by atoms with van der Waals surface area (Å²) in [5.41, 5.74) is 4.04. The number of allylic oxidation sites excluding steroid dienone is 1. The van der Waals surface area contributed by atoms with Gasteiger partial charge >= 0.3 is 0 Å². The average molecular weight is 365 g/mol. The fourth-order valence-corrected chi connectivity index (χ4v) is 3.42. The predicted molar refractivity (Wildman–Crippen MR) is 104 cm³/mol. The fourth-order valence-electron chi connectivity index (χ4n) is 3.19. The largest absolute Gasteiger partial charge is 0.506 e. The van der Waals surface area contributed by atoms with Crippen LogP contribution in [-0.4, -0.2) is 15.6 Å². The number of carbonyl (C=O) groups excluding carboxylic acids is 1. The Morgan fingerprint density at radius 2 is 1.96 bits per heavy atom. The van der Waals surface area contributed by atoms with Crippen LogP contribution in [-0.2, 0) is 0 Å². The Morgan fingerprint density at radius 1 is 1.27 bits per heavy atom. The maximum atomic E-state index is 13.2. The molecule has 0 fully saturated rings. The number of hydrogen-bond donors (Lipinski definition) is 1. The molecule has 0 saturated carbocycles. The number of hydrogen-bond acceptors (Lipinski definition) is 3. The van der Waals surface area contributed by atoms with E-state index in [0.29, 0.717) is 22.2 Å². The lowest BCUT2D eigenvalue weighted by atomic mass is 10.0. The Bertz CT molecular complexity index is 1130. The zero-order valence-corrected chi connectivity index (χ0v) is 15.5. The van der Waals surface area contributed by atoms with Crippen molar-refractivity contribution in [2.75, 3.05) is 0 Å². The van der Waals surface area contributed by atoms with Gasteiger partial charge in [-0.05, 0) is 61.7 Å². The van der Waals surface area contributed by atoms with Gasteiger partial charge in [-0.3, -0.25) is 9.36 Å². The summed E-state index contributed by atoms with van der Waals surface area (Å²) in [5, 5.41) is 20.7. The highest BCUT2D eigenvalue weighted by atomic mass is 35.5. The number of aromatic hydroxyl groups is 1. The molecule has 26 heavy (non-hydrogen) atoms. The summed E-state index contributed by atoms with van der Waals surface area (Å²) >= 11 is 6.23. The number of rotatable bonds is 2. The van der Waals surface area contributed by atoms with Crippen LogP contribution in [0.1, 0.15) is 39.5 Å². The summed E-state index contributed by atoms with van der Waals surface area (Å²) < 4.78 is 1.48. The van der Waals surface area contributed by atoms with Crippen LogP contribution in [0.4, 0.5) is 0 Å². The van der Waals surface area contributed by atoms with Gasteiger partial charge < -0.3 is 5.11 Å². The van der Waals surface area contributed by atoms with Crippen LogP contribution in [0, 0.1) is 25.2 Å². The first kappa shape index (κ1) is 17.8. The third-order valence-electron chi connectivity index (χ3n) is 4.44. The van der Waals surface area contributed by atoms with Crippen LogP contribution in [0.2, 0.25) is 5.02 Å². The van der Waals surface area contributed by atoms with Crippen LogP contribution >= 0.6 is 11.6 Å². The molecule has 1 N–H and O–H groups in total. The van der Waals surface area contributed by atoms with Crippen LogP contribution in [0.25, 0.3) is 16.5 Å². The van der Waals surface area contributed by atoms with Gasteiger partial charge in [-0.15, -0.1) is 0 Å². The molecule has 5 heteroatoms. The van der Waals surface area contributed by atoms with E-state index in [1.165, 1.54) is 4.57 Å². The zero-order valence-electron chi connectivity index (χ0n) is 14.7. The molecule has 0 bridgehead atoms. The lowest BCUT2D eigenvalue weighted by Gasteiger charge is -2.13. The van der Waals surface area contributed by atoms with E-state index < -0.39 is 5.91 Å². The molecule has 130 valence electrons. The fraction of sp³-hybridized carbons (Fsp3) is 0.143. The number of fused-ring (bicyclic) bond motifs is 1. The number of phenols is 1. The van der Waals surface area contributed by atoms with E-state index in [1.807, 2.05) is 13.8 Å². The molecule has 3 aromatic rings. The van der Waals surface area contributed by atoms with E-state index in [1.54, 1.807) is 37.4 Å². The molecule has 0 aliphatic rings. The molecule has 4 nitrogen and oxygen atoms in total. The van der Waals surface area contributed by atoms with E-state index in [0.717, 1.165) is 16.5 Å².